The summed E-state index contributed by atoms with van der Waals surface area (Å²) in [5.74, 6) is 2.63. The second-order valence-corrected chi connectivity index (χ2v) is 10.6. The molecule has 0 bridgehead atoms. The number of carbonyl (C=O) groups excluding carboxylic acids is 2. The molecule has 0 saturated heterocycles. The number of esters is 1. The van der Waals surface area contributed by atoms with Gasteiger partial charge < -0.3 is 10.5 Å². The fourth-order valence-electron chi connectivity index (χ4n) is 8.17. The van der Waals surface area contributed by atoms with Crippen LogP contribution in [0.15, 0.2) is 11.6 Å². The molecule has 8 atom stereocenters. The SMILES string of the molecule is CC(=O)O[C@H]1CC[C@@]2(C)C(=CC[C@H]3[C@@H]4C[C@@H](CN)[C@H](C(C)=O)[C@@]4(C)CC[C@@H]32)C1. The lowest BCUT2D eigenvalue weighted by Gasteiger charge is -2.58. The molecule has 4 aliphatic rings. The quantitative estimate of drug-likeness (QED) is 0.580. The Hall–Kier alpha value is -1.16. The molecule has 0 heterocycles. The van der Waals surface area contributed by atoms with E-state index in [0.29, 0.717) is 36.0 Å². The van der Waals surface area contributed by atoms with Gasteiger partial charge in [-0.25, -0.2) is 0 Å². The average molecular weight is 388 g/mol. The van der Waals surface area contributed by atoms with Crippen LogP contribution in [-0.4, -0.2) is 24.4 Å². The zero-order valence-corrected chi connectivity index (χ0v) is 18.0. The third-order valence-corrected chi connectivity index (χ3v) is 9.31. The highest BCUT2D eigenvalue weighted by molar-refractivity contribution is 5.80. The number of carbonyl (C=O) groups is 2. The maximum atomic E-state index is 12.5. The minimum atomic E-state index is -0.162. The van der Waals surface area contributed by atoms with Gasteiger partial charge in [0.05, 0.1) is 0 Å². The zero-order valence-electron chi connectivity index (χ0n) is 18.0. The van der Waals surface area contributed by atoms with E-state index in [1.165, 1.54) is 18.9 Å². The van der Waals surface area contributed by atoms with Gasteiger partial charge in [-0.3, -0.25) is 9.59 Å². The largest absolute Gasteiger partial charge is 0.462 e. The molecular weight excluding hydrogens is 350 g/mol. The summed E-state index contributed by atoms with van der Waals surface area (Å²) in [4.78, 5) is 23.9. The van der Waals surface area contributed by atoms with Gasteiger partial charge in [0.15, 0.2) is 0 Å². The molecule has 0 aromatic rings. The number of Topliss-reactive ketones (excluding diaryl/α,β-unsaturated/α-hetero) is 1. The van der Waals surface area contributed by atoms with Gasteiger partial charge in [0, 0.05) is 19.3 Å². The predicted molar refractivity (Wildman–Crippen MR) is 109 cm³/mol. The first-order chi connectivity index (χ1) is 13.2. The predicted octanol–water partition coefficient (Wildman–Crippen LogP) is 4.27. The van der Waals surface area contributed by atoms with Gasteiger partial charge in [-0.2, -0.15) is 0 Å². The molecule has 4 heteroatoms. The van der Waals surface area contributed by atoms with Crippen molar-refractivity contribution in [3.05, 3.63) is 11.6 Å². The topological polar surface area (TPSA) is 69.4 Å². The highest BCUT2D eigenvalue weighted by Crippen LogP contribution is 2.67. The van der Waals surface area contributed by atoms with Gasteiger partial charge in [0.25, 0.3) is 0 Å². The summed E-state index contributed by atoms with van der Waals surface area (Å²) < 4.78 is 5.54. The third-order valence-electron chi connectivity index (χ3n) is 9.31. The van der Waals surface area contributed by atoms with Crippen molar-refractivity contribution in [3.63, 3.8) is 0 Å². The van der Waals surface area contributed by atoms with Crippen LogP contribution in [0, 0.1) is 40.4 Å². The molecule has 0 aromatic carbocycles. The van der Waals surface area contributed by atoms with E-state index in [1.807, 2.05) is 0 Å². The Bertz CT molecular complexity index is 700. The summed E-state index contributed by atoms with van der Waals surface area (Å²) >= 11 is 0. The van der Waals surface area contributed by atoms with E-state index in [1.54, 1.807) is 6.92 Å². The standard InChI is InChI=1S/C24H37NO3/c1-14(26)22-16(13-25)11-21-19-6-5-17-12-18(28-15(2)27)7-9-23(17,3)20(19)8-10-24(21,22)4/h5,16,18-22H,6-13,25H2,1-4H3/t16-,18-,19+,20-,21-,22-,23-,24-/m0/s1. The van der Waals surface area contributed by atoms with Crippen LogP contribution in [0.1, 0.15) is 72.6 Å². The minimum absolute atomic E-state index is 0.0532. The monoisotopic (exact) mass is 387 g/mol. The normalized spacial score (nSPS) is 47.4. The number of fused-ring (bicyclic) bond motifs is 5. The van der Waals surface area contributed by atoms with Gasteiger partial charge in [-0.15, -0.1) is 0 Å². The number of nitrogens with two attached hydrogens (primary N) is 1. The summed E-state index contributed by atoms with van der Waals surface area (Å²) in [6.07, 6.45) is 10.1. The Morgan fingerprint density at radius 2 is 1.93 bits per heavy atom. The molecule has 4 rings (SSSR count). The van der Waals surface area contributed by atoms with Crippen molar-refractivity contribution in [2.24, 2.45) is 46.2 Å². The van der Waals surface area contributed by atoms with E-state index in [9.17, 15) is 9.59 Å². The van der Waals surface area contributed by atoms with Crippen LogP contribution in [-0.2, 0) is 14.3 Å². The number of rotatable bonds is 3. The summed E-state index contributed by atoms with van der Waals surface area (Å²) in [6, 6.07) is 0. The van der Waals surface area contributed by atoms with E-state index in [2.05, 4.69) is 19.9 Å². The third kappa shape index (κ3) is 2.89. The number of allylic oxidation sites excluding steroid dienone is 1. The lowest BCUT2D eigenvalue weighted by Crippen LogP contribution is -2.51. The zero-order chi connectivity index (χ0) is 20.3. The van der Waals surface area contributed by atoms with Crippen LogP contribution in [0.3, 0.4) is 0 Å². The first-order valence-electron chi connectivity index (χ1n) is 11.3. The van der Waals surface area contributed by atoms with Crippen LogP contribution in [0.5, 0.6) is 0 Å². The molecule has 0 unspecified atom stereocenters. The Balaban J connectivity index is 1.61. The van der Waals surface area contributed by atoms with Crippen LogP contribution in [0.2, 0.25) is 0 Å². The van der Waals surface area contributed by atoms with Crippen molar-refractivity contribution in [1.82, 2.24) is 0 Å². The van der Waals surface area contributed by atoms with Crippen LogP contribution in [0.25, 0.3) is 0 Å². The van der Waals surface area contributed by atoms with Crippen LogP contribution >= 0.6 is 0 Å². The lowest BCUT2D eigenvalue weighted by atomic mass is 9.47. The van der Waals surface area contributed by atoms with E-state index >= 15 is 0 Å². The molecule has 0 amide bonds. The molecule has 156 valence electrons. The number of ether oxygens (including phenoxy) is 1. The van der Waals surface area contributed by atoms with Crippen molar-refractivity contribution in [3.8, 4) is 0 Å². The second kappa shape index (κ2) is 6.97. The highest BCUT2D eigenvalue weighted by atomic mass is 16.5. The highest BCUT2D eigenvalue weighted by Gasteiger charge is 2.61. The summed E-state index contributed by atoms with van der Waals surface area (Å²) in [6.45, 7) is 8.77. The summed E-state index contributed by atoms with van der Waals surface area (Å²) in [5.41, 5.74) is 7.99. The van der Waals surface area contributed by atoms with Gasteiger partial charge in [0.1, 0.15) is 11.9 Å². The maximum Gasteiger partial charge on any atom is 0.302 e. The number of ketones is 1. The first-order valence-corrected chi connectivity index (χ1v) is 11.3. The molecule has 0 spiro atoms. The first kappa shape index (κ1) is 20.1. The fourth-order valence-corrected chi connectivity index (χ4v) is 8.17. The van der Waals surface area contributed by atoms with Gasteiger partial charge in [-0.1, -0.05) is 25.5 Å². The second-order valence-electron chi connectivity index (χ2n) is 10.6. The van der Waals surface area contributed by atoms with Crippen molar-refractivity contribution in [1.29, 1.82) is 0 Å². The van der Waals surface area contributed by atoms with Crippen molar-refractivity contribution >= 4 is 11.8 Å². The maximum absolute atomic E-state index is 12.5. The average Bonchev–Trinajstić information content (AvgIpc) is 2.94. The molecule has 0 radical (unpaired) electrons. The Morgan fingerprint density at radius 1 is 1.18 bits per heavy atom. The minimum Gasteiger partial charge on any atom is -0.462 e. The lowest BCUT2D eigenvalue weighted by molar-refractivity contribution is -0.149. The molecule has 28 heavy (non-hydrogen) atoms. The molecule has 4 nitrogen and oxygen atoms in total. The van der Waals surface area contributed by atoms with E-state index in [-0.39, 0.29) is 28.8 Å². The molecule has 0 aliphatic heterocycles. The number of hydrogen-bond donors (Lipinski definition) is 1. The van der Waals surface area contributed by atoms with E-state index in [0.717, 1.165) is 38.5 Å². The van der Waals surface area contributed by atoms with Crippen molar-refractivity contribution in [2.45, 2.75) is 78.7 Å². The van der Waals surface area contributed by atoms with Crippen LogP contribution < -0.4 is 5.73 Å². The smallest absolute Gasteiger partial charge is 0.302 e. The van der Waals surface area contributed by atoms with Crippen LogP contribution in [0.4, 0.5) is 0 Å². The fraction of sp³-hybridized carbons (Fsp3) is 0.833. The van der Waals surface area contributed by atoms with Gasteiger partial charge >= 0.3 is 5.97 Å². The van der Waals surface area contributed by atoms with Crippen molar-refractivity contribution < 1.29 is 14.3 Å². The van der Waals surface area contributed by atoms with Gasteiger partial charge in [-0.05, 0) is 86.5 Å². The molecule has 3 fully saturated rings. The molecular formula is C24H37NO3. The molecule has 2 N–H and O–H groups in total. The number of hydrogen-bond acceptors (Lipinski definition) is 4. The van der Waals surface area contributed by atoms with Gasteiger partial charge in [0.2, 0.25) is 0 Å². The van der Waals surface area contributed by atoms with Crippen molar-refractivity contribution in [2.75, 3.05) is 6.54 Å². The molecule has 3 saturated carbocycles. The van der Waals surface area contributed by atoms with E-state index in [4.69, 9.17) is 10.5 Å². The molecule has 4 aliphatic carbocycles. The summed E-state index contributed by atoms with van der Waals surface area (Å²) in [5, 5.41) is 0. The Morgan fingerprint density at radius 3 is 2.57 bits per heavy atom. The molecule has 0 aromatic heterocycles. The summed E-state index contributed by atoms with van der Waals surface area (Å²) in [7, 11) is 0. The van der Waals surface area contributed by atoms with E-state index < -0.39 is 0 Å². The Labute approximate surface area is 169 Å². The Kier molecular flexibility index (Phi) is 5.01.